The average Bonchev–Trinajstić information content (AvgIpc) is 2.75. The van der Waals surface area contributed by atoms with Crippen LogP contribution in [0.25, 0.3) is 0 Å². The van der Waals surface area contributed by atoms with Crippen LogP contribution in [0, 0.1) is 5.82 Å². The zero-order valence-corrected chi connectivity index (χ0v) is 18.7. The summed E-state index contributed by atoms with van der Waals surface area (Å²) in [6, 6.07) is 9.26. The molecule has 0 aliphatic carbocycles. The van der Waals surface area contributed by atoms with Gasteiger partial charge < -0.3 is 9.80 Å². The summed E-state index contributed by atoms with van der Waals surface area (Å²) in [7, 11) is -3.83. The SMILES string of the molecule is O=C(CCNS(=O)(=O)c1ccc(F)cc1)N1CCN(C(=O)c2cccc(Cl)c2Cl)CC1. The van der Waals surface area contributed by atoms with Gasteiger partial charge >= 0.3 is 0 Å². The Morgan fingerprint density at radius 1 is 0.968 bits per heavy atom. The van der Waals surface area contributed by atoms with Crippen LogP contribution in [-0.2, 0) is 14.8 Å². The highest BCUT2D eigenvalue weighted by Gasteiger charge is 2.26. The van der Waals surface area contributed by atoms with Crippen LogP contribution in [0.2, 0.25) is 10.0 Å². The minimum absolute atomic E-state index is 0.0332. The Morgan fingerprint density at radius 2 is 1.58 bits per heavy atom. The van der Waals surface area contributed by atoms with Crippen LogP contribution in [0.4, 0.5) is 4.39 Å². The zero-order valence-electron chi connectivity index (χ0n) is 16.4. The number of rotatable bonds is 6. The molecule has 2 aromatic rings. The van der Waals surface area contributed by atoms with Crippen molar-refractivity contribution in [3.05, 3.63) is 63.9 Å². The van der Waals surface area contributed by atoms with E-state index < -0.39 is 15.8 Å². The fourth-order valence-corrected chi connectivity index (χ4v) is 4.56. The van der Waals surface area contributed by atoms with E-state index >= 15 is 0 Å². The second-order valence-electron chi connectivity index (χ2n) is 6.88. The van der Waals surface area contributed by atoms with Crippen molar-refractivity contribution in [3.63, 3.8) is 0 Å². The molecule has 0 aromatic heterocycles. The van der Waals surface area contributed by atoms with Crippen LogP contribution < -0.4 is 4.72 Å². The number of carbonyl (C=O) groups excluding carboxylic acids is 2. The predicted molar refractivity (Wildman–Crippen MR) is 115 cm³/mol. The Labute approximate surface area is 189 Å². The Balaban J connectivity index is 1.48. The molecule has 1 saturated heterocycles. The van der Waals surface area contributed by atoms with E-state index in [-0.39, 0.29) is 34.7 Å². The van der Waals surface area contributed by atoms with Crippen LogP contribution in [-0.4, -0.2) is 62.8 Å². The second kappa shape index (κ2) is 9.95. The van der Waals surface area contributed by atoms with Gasteiger partial charge in [0, 0.05) is 39.1 Å². The summed E-state index contributed by atoms with van der Waals surface area (Å²) < 4.78 is 39.6. The monoisotopic (exact) mass is 487 g/mol. The van der Waals surface area contributed by atoms with Crippen LogP contribution >= 0.6 is 23.2 Å². The minimum Gasteiger partial charge on any atom is -0.339 e. The molecule has 0 spiro atoms. The molecule has 1 aliphatic heterocycles. The molecule has 0 radical (unpaired) electrons. The van der Waals surface area contributed by atoms with Crippen LogP contribution in [0.3, 0.4) is 0 Å². The summed E-state index contributed by atoms with van der Waals surface area (Å²) in [6.07, 6.45) is -0.0332. The number of carbonyl (C=O) groups is 2. The fourth-order valence-electron chi connectivity index (χ4n) is 3.15. The van der Waals surface area contributed by atoms with Crippen molar-refractivity contribution < 1.29 is 22.4 Å². The van der Waals surface area contributed by atoms with Crippen molar-refractivity contribution in [1.82, 2.24) is 14.5 Å². The van der Waals surface area contributed by atoms with Crippen molar-refractivity contribution >= 4 is 45.0 Å². The molecule has 2 aromatic carbocycles. The molecule has 1 N–H and O–H groups in total. The number of piperazine rings is 1. The lowest BCUT2D eigenvalue weighted by atomic mass is 10.1. The minimum atomic E-state index is -3.83. The van der Waals surface area contributed by atoms with E-state index in [0.29, 0.717) is 36.8 Å². The maximum Gasteiger partial charge on any atom is 0.255 e. The lowest BCUT2D eigenvalue weighted by Crippen LogP contribution is -2.51. The average molecular weight is 488 g/mol. The number of hydrogen-bond acceptors (Lipinski definition) is 4. The third-order valence-electron chi connectivity index (χ3n) is 4.86. The van der Waals surface area contributed by atoms with Crippen LogP contribution in [0.1, 0.15) is 16.8 Å². The molecule has 1 fully saturated rings. The molecule has 3 rings (SSSR count). The molecule has 31 heavy (non-hydrogen) atoms. The van der Waals surface area contributed by atoms with Gasteiger partial charge in [0.15, 0.2) is 0 Å². The summed E-state index contributed by atoms with van der Waals surface area (Å²) in [5, 5.41) is 0.491. The lowest BCUT2D eigenvalue weighted by molar-refractivity contribution is -0.132. The summed E-state index contributed by atoms with van der Waals surface area (Å²) in [5.74, 6) is -1.02. The molecule has 11 heteroatoms. The number of sulfonamides is 1. The maximum atomic E-state index is 12.9. The molecule has 0 bridgehead atoms. The molecular formula is C20H20Cl2FN3O4S. The molecule has 2 amide bonds. The van der Waals surface area contributed by atoms with Crippen LogP contribution in [0.5, 0.6) is 0 Å². The first kappa shape index (κ1) is 23.5. The number of nitrogens with one attached hydrogen (secondary N) is 1. The lowest BCUT2D eigenvalue weighted by Gasteiger charge is -2.35. The highest BCUT2D eigenvalue weighted by molar-refractivity contribution is 7.89. The molecule has 0 saturated carbocycles. The Kier molecular flexibility index (Phi) is 7.53. The largest absolute Gasteiger partial charge is 0.339 e. The second-order valence-corrected chi connectivity index (χ2v) is 9.43. The topological polar surface area (TPSA) is 86.8 Å². The first-order valence-corrected chi connectivity index (χ1v) is 11.7. The van der Waals surface area contributed by atoms with Gasteiger partial charge in [-0.3, -0.25) is 9.59 Å². The van der Waals surface area contributed by atoms with Gasteiger partial charge in [0.25, 0.3) is 5.91 Å². The van der Waals surface area contributed by atoms with Crippen molar-refractivity contribution in [2.24, 2.45) is 0 Å². The quantitative estimate of drug-likeness (QED) is 0.678. The van der Waals surface area contributed by atoms with E-state index in [1.807, 2.05) is 0 Å². The number of amides is 2. The maximum absolute atomic E-state index is 12.9. The Morgan fingerprint density at radius 3 is 2.23 bits per heavy atom. The highest BCUT2D eigenvalue weighted by atomic mass is 35.5. The van der Waals surface area contributed by atoms with E-state index in [1.165, 1.54) is 0 Å². The summed E-state index contributed by atoms with van der Waals surface area (Å²) in [4.78, 5) is 28.2. The number of nitrogens with zero attached hydrogens (tertiary/aromatic N) is 2. The zero-order chi connectivity index (χ0) is 22.6. The van der Waals surface area contributed by atoms with Crippen molar-refractivity contribution in [2.45, 2.75) is 11.3 Å². The molecule has 0 unspecified atom stereocenters. The first-order chi connectivity index (χ1) is 14.7. The third-order valence-corrected chi connectivity index (χ3v) is 7.15. The first-order valence-electron chi connectivity index (χ1n) is 9.45. The summed E-state index contributed by atoms with van der Waals surface area (Å²) >= 11 is 12.1. The van der Waals surface area contributed by atoms with E-state index in [2.05, 4.69) is 4.72 Å². The van der Waals surface area contributed by atoms with Crippen LogP contribution in [0.15, 0.2) is 47.4 Å². The normalized spacial score (nSPS) is 14.5. The third kappa shape index (κ3) is 5.74. The van der Waals surface area contributed by atoms with E-state index in [1.54, 1.807) is 28.0 Å². The number of benzene rings is 2. The summed E-state index contributed by atoms with van der Waals surface area (Å²) in [6.45, 7) is 1.22. The highest BCUT2D eigenvalue weighted by Crippen LogP contribution is 2.26. The summed E-state index contributed by atoms with van der Waals surface area (Å²) in [5.41, 5.74) is 0.309. The predicted octanol–water partition coefficient (Wildman–Crippen LogP) is 2.79. The van der Waals surface area contributed by atoms with Gasteiger partial charge in [0.2, 0.25) is 15.9 Å². The molecule has 7 nitrogen and oxygen atoms in total. The van der Waals surface area contributed by atoms with E-state index in [4.69, 9.17) is 23.2 Å². The van der Waals surface area contributed by atoms with Gasteiger partial charge in [0.05, 0.1) is 20.5 Å². The Hall–Kier alpha value is -2.20. The van der Waals surface area contributed by atoms with E-state index in [0.717, 1.165) is 24.3 Å². The molecule has 166 valence electrons. The van der Waals surface area contributed by atoms with Gasteiger partial charge in [0.1, 0.15) is 5.82 Å². The van der Waals surface area contributed by atoms with Crippen molar-refractivity contribution in [3.8, 4) is 0 Å². The smallest absolute Gasteiger partial charge is 0.255 e. The number of hydrogen-bond donors (Lipinski definition) is 1. The van der Waals surface area contributed by atoms with Gasteiger partial charge in [-0.2, -0.15) is 0 Å². The molecule has 0 atom stereocenters. The van der Waals surface area contributed by atoms with Gasteiger partial charge in [-0.1, -0.05) is 29.3 Å². The van der Waals surface area contributed by atoms with Crippen molar-refractivity contribution in [1.29, 1.82) is 0 Å². The van der Waals surface area contributed by atoms with Crippen molar-refractivity contribution in [2.75, 3.05) is 32.7 Å². The molecular weight excluding hydrogens is 468 g/mol. The molecule has 1 aliphatic rings. The van der Waals surface area contributed by atoms with Gasteiger partial charge in [-0.25, -0.2) is 17.5 Å². The van der Waals surface area contributed by atoms with Gasteiger partial charge in [-0.05, 0) is 36.4 Å². The van der Waals surface area contributed by atoms with Gasteiger partial charge in [-0.15, -0.1) is 0 Å². The molecule has 1 heterocycles. The Bertz CT molecular complexity index is 1070. The van der Waals surface area contributed by atoms with E-state index in [9.17, 15) is 22.4 Å². The fraction of sp³-hybridized carbons (Fsp3) is 0.300. The standard InChI is InChI=1S/C20H20Cl2FN3O4S/c21-17-3-1-2-16(19(17)22)20(28)26-12-10-25(11-13-26)18(27)8-9-24-31(29,30)15-6-4-14(23)5-7-15/h1-7,24H,8-13H2. The number of halogens is 3.